The van der Waals surface area contributed by atoms with E-state index in [9.17, 15) is 9.50 Å². The van der Waals surface area contributed by atoms with Crippen LogP contribution in [0.5, 0.6) is 0 Å². The Bertz CT molecular complexity index is 455. The summed E-state index contributed by atoms with van der Waals surface area (Å²) < 4.78 is 13.4. The number of likely N-dealkylation sites (tertiary alicyclic amines) is 1. The van der Waals surface area contributed by atoms with Crippen LogP contribution in [-0.4, -0.2) is 54.5 Å². The molecule has 0 radical (unpaired) electrons. The highest BCUT2D eigenvalue weighted by molar-refractivity contribution is 6.33. The van der Waals surface area contributed by atoms with Crippen molar-refractivity contribution in [2.45, 2.75) is 31.2 Å². The summed E-state index contributed by atoms with van der Waals surface area (Å²) in [6, 6.07) is 8.26. The monoisotopic (exact) mass is 298 g/mol. The number of piperidine rings is 1. The van der Waals surface area contributed by atoms with Gasteiger partial charge in [-0.25, -0.2) is 4.39 Å². The highest BCUT2D eigenvalue weighted by atomic mass is 35.5. The molecule has 110 valence electrons. The summed E-state index contributed by atoms with van der Waals surface area (Å²) in [5, 5.41) is 10.3. The van der Waals surface area contributed by atoms with Gasteiger partial charge in [-0.3, -0.25) is 4.90 Å². The standard InChI is InChI=1S/C15H20ClFN2O/c16-12-3-1-2-4-14(12)18-7-5-11(6-8-18)19-9-13(17)15(20)10-19/h1-4,11,13,15,20H,5-10H2/t13-,15-/m0/s1. The van der Waals surface area contributed by atoms with Gasteiger partial charge < -0.3 is 10.0 Å². The van der Waals surface area contributed by atoms with Crippen molar-refractivity contribution in [2.24, 2.45) is 0 Å². The van der Waals surface area contributed by atoms with Crippen LogP contribution in [0.2, 0.25) is 5.02 Å². The van der Waals surface area contributed by atoms with Crippen LogP contribution < -0.4 is 4.90 Å². The zero-order valence-electron chi connectivity index (χ0n) is 11.4. The minimum absolute atomic E-state index is 0.373. The second-order valence-electron chi connectivity index (χ2n) is 5.71. The Kier molecular flexibility index (Phi) is 4.15. The van der Waals surface area contributed by atoms with Crippen LogP contribution >= 0.6 is 11.6 Å². The molecule has 0 aromatic heterocycles. The van der Waals surface area contributed by atoms with Gasteiger partial charge in [0.2, 0.25) is 0 Å². The van der Waals surface area contributed by atoms with Crippen molar-refractivity contribution in [1.29, 1.82) is 0 Å². The van der Waals surface area contributed by atoms with Crippen molar-refractivity contribution in [1.82, 2.24) is 4.90 Å². The number of rotatable bonds is 2. The van der Waals surface area contributed by atoms with Crippen LogP contribution in [0, 0.1) is 0 Å². The largest absolute Gasteiger partial charge is 0.389 e. The number of nitrogens with zero attached hydrogens (tertiary/aromatic N) is 2. The van der Waals surface area contributed by atoms with E-state index < -0.39 is 12.3 Å². The molecule has 5 heteroatoms. The van der Waals surface area contributed by atoms with E-state index in [0.29, 0.717) is 19.1 Å². The fourth-order valence-corrected chi connectivity index (χ4v) is 3.51. The summed E-state index contributed by atoms with van der Waals surface area (Å²) in [7, 11) is 0. The first-order valence-corrected chi connectivity index (χ1v) is 7.58. The summed E-state index contributed by atoms with van der Waals surface area (Å²) in [6.07, 6.45) is 0.0863. The van der Waals surface area contributed by atoms with Gasteiger partial charge in [0.1, 0.15) is 6.17 Å². The number of aliphatic hydroxyl groups is 1. The van der Waals surface area contributed by atoms with E-state index in [4.69, 9.17) is 11.6 Å². The maximum atomic E-state index is 13.4. The van der Waals surface area contributed by atoms with Gasteiger partial charge in [0.25, 0.3) is 0 Å². The number of alkyl halides is 1. The van der Waals surface area contributed by atoms with Crippen LogP contribution in [0.3, 0.4) is 0 Å². The number of aliphatic hydroxyl groups excluding tert-OH is 1. The third kappa shape index (κ3) is 2.78. The number of halogens is 2. The van der Waals surface area contributed by atoms with E-state index in [1.165, 1.54) is 0 Å². The summed E-state index contributed by atoms with van der Waals surface area (Å²) in [5.74, 6) is 0. The van der Waals surface area contributed by atoms with E-state index in [1.54, 1.807) is 0 Å². The Morgan fingerprint density at radius 3 is 2.45 bits per heavy atom. The van der Waals surface area contributed by atoms with E-state index in [-0.39, 0.29) is 0 Å². The molecule has 2 saturated heterocycles. The molecule has 1 aromatic carbocycles. The second kappa shape index (κ2) is 5.88. The Labute approximate surface area is 123 Å². The average molecular weight is 299 g/mol. The van der Waals surface area contributed by atoms with E-state index >= 15 is 0 Å². The minimum atomic E-state index is -1.09. The molecular weight excluding hydrogens is 279 g/mol. The maximum Gasteiger partial charge on any atom is 0.140 e. The van der Waals surface area contributed by atoms with Crippen LogP contribution in [0.25, 0.3) is 0 Å². The van der Waals surface area contributed by atoms with Crippen molar-refractivity contribution in [3.8, 4) is 0 Å². The molecule has 0 bridgehead atoms. The Balaban J connectivity index is 1.59. The number of β-amino-alcohol motifs (C(OH)–C–C–N with tert-alkyl or cyclic N) is 1. The number of hydrogen-bond donors (Lipinski definition) is 1. The molecule has 20 heavy (non-hydrogen) atoms. The van der Waals surface area contributed by atoms with E-state index in [2.05, 4.69) is 9.80 Å². The van der Waals surface area contributed by atoms with Crippen molar-refractivity contribution in [3.05, 3.63) is 29.3 Å². The van der Waals surface area contributed by atoms with Gasteiger partial charge in [0.05, 0.1) is 16.8 Å². The van der Waals surface area contributed by atoms with Crippen molar-refractivity contribution in [3.63, 3.8) is 0 Å². The molecule has 1 aromatic rings. The lowest BCUT2D eigenvalue weighted by atomic mass is 10.0. The molecule has 0 aliphatic carbocycles. The molecule has 2 aliphatic heterocycles. The van der Waals surface area contributed by atoms with Gasteiger partial charge in [-0.1, -0.05) is 23.7 Å². The Morgan fingerprint density at radius 1 is 1.15 bits per heavy atom. The van der Waals surface area contributed by atoms with Crippen molar-refractivity contribution in [2.75, 3.05) is 31.1 Å². The highest BCUT2D eigenvalue weighted by Crippen LogP contribution is 2.30. The molecule has 0 unspecified atom stereocenters. The normalized spacial score (nSPS) is 29.1. The summed E-state index contributed by atoms with van der Waals surface area (Å²) in [4.78, 5) is 4.39. The molecule has 2 aliphatic rings. The topological polar surface area (TPSA) is 26.7 Å². The fourth-order valence-electron chi connectivity index (χ4n) is 3.25. The molecule has 0 spiro atoms. The lowest BCUT2D eigenvalue weighted by Crippen LogP contribution is -2.44. The molecule has 0 saturated carbocycles. The first kappa shape index (κ1) is 14.1. The molecule has 1 N–H and O–H groups in total. The fraction of sp³-hybridized carbons (Fsp3) is 0.600. The molecule has 0 amide bonds. The van der Waals surface area contributed by atoms with Crippen molar-refractivity contribution < 1.29 is 9.50 Å². The third-order valence-electron chi connectivity index (χ3n) is 4.42. The zero-order chi connectivity index (χ0) is 14.1. The zero-order valence-corrected chi connectivity index (χ0v) is 12.1. The van der Waals surface area contributed by atoms with E-state index in [1.807, 2.05) is 24.3 Å². The van der Waals surface area contributed by atoms with Gasteiger partial charge in [-0.2, -0.15) is 0 Å². The lowest BCUT2D eigenvalue weighted by Gasteiger charge is -2.38. The first-order chi connectivity index (χ1) is 9.65. The van der Waals surface area contributed by atoms with E-state index in [0.717, 1.165) is 36.6 Å². The van der Waals surface area contributed by atoms with Crippen molar-refractivity contribution >= 4 is 17.3 Å². The summed E-state index contributed by atoms with van der Waals surface area (Å²) >= 11 is 6.22. The summed E-state index contributed by atoms with van der Waals surface area (Å²) in [5.41, 5.74) is 1.08. The highest BCUT2D eigenvalue weighted by Gasteiger charge is 2.36. The molecule has 2 fully saturated rings. The third-order valence-corrected chi connectivity index (χ3v) is 4.74. The minimum Gasteiger partial charge on any atom is -0.389 e. The number of anilines is 1. The Morgan fingerprint density at radius 2 is 1.85 bits per heavy atom. The number of hydrogen-bond acceptors (Lipinski definition) is 3. The molecule has 3 nitrogen and oxygen atoms in total. The van der Waals surface area contributed by atoms with Gasteiger partial charge >= 0.3 is 0 Å². The second-order valence-corrected chi connectivity index (χ2v) is 6.11. The van der Waals surface area contributed by atoms with Gasteiger partial charge in [0, 0.05) is 32.2 Å². The average Bonchev–Trinajstić information content (AvgIpc) is 2.80. The maximum absolute atomic E-state index is 13.4. The predicted molar refractivity (Wildman–Crippen MR) is 79.2 cm³/mol. The van der Waals surface area contributed by atoms with Crippen LogP contribution in [0.4, 0.5) is 10.1 Å². The molecule has 3 rings (SSSR count). The molecule has 2 atom stereocenters. The number of benzene rings is 1. The van der Waals surface area contributed by atoms with Crippen LogP contribution in [0.15, 0.2) is 24.3 Å². The molecule has 2 heterocycles. The van der Waals surface area contributed by atoms with Crippen LogP contribution in [0.1, 0.15) is 12.8 Å². The predicted octanol–water partition coefficient (Wildman–Crippen LogP) is 2.32. The van der Waals surface area contributed by atoms with Gasteiger partial charge in [-0.05, 0) is 25.0 Å². The number of para-hydroxylation sites is 1. The smallest absolute Gasteiger partial charge is 0.140 e. The Hall–Kier alpha value is -0.840. The SMILES string of the molecule is O[C@H]1CN(C2CCN(c3ccccc3Cl)CC2)C[C@@H]1F. The lowest BCUT2D eigenvalue weighted by molar-refractivity contribution is 0.113. The van der Waals surface area contributed by atoms with Gasteiger partial charge in [0.15, 0.2) is 0 Å². The van der Waals surface area contributed by atoms with Gasteiger partial charge in [-0.15, -0.1) is 0 Å². The molecular formula is C15H20ClFN2O. The first-order valence-electron chi connectivity index (χ1n) is 7.21. The summed E-state index contributed by atoms with van der Waals surface area (Å²) in [6.45, 7) is 2.70. The quantitative estimate of drug-likeness (QED) is 0.908. The van der Waals surface area contributed by atoms with Crippen LogP contribution in [-0.2, 0) is 0 Å².